The molecule has 1 aromatic heterocycles. The Morgan fingerprint density at radius 2 is 1.82 bits per heavy atom. The van der Waals surface area contributed by atoms with Gasteiger partial charge in [-0.05, 0) is 54.5 Å². The summed E-state index contributed by atoms with van der Waals surface area (Å²) < 4.78 is 6.05. The fraction of sp³-hybridized carbons (Fsp3) is 0.433. The molecule has 10 nitrogen and oxygen atoms in total. The minimum Gasteiger partial charge on any atom is -0.508 e. The zero-order valence-electron chi connectivity index (χ0n) is 22.8. The highest BCUT2D eigenvalue weighted by Crippen LogP contribution is 2.55. The molecule has 1 aromatic carbocycles. The largest absolute Gasteiger partial charge is 0.508 e. The number of rotatable bonds is 6. The van der Waals surface area contributed by atoms with Crippen molar-refractivity contribution >= 4 is 23.2 Å². The van der Waals surface area contributed by atoms with E-state index in [1.165, 1.54) is 6.07 Å². The van der Waals surface area contributed by atoms with Gasteiger partial charge in [0.25, 0.3) is 5.91 Å². The highest BCUT2D eigenvalue weighted by molar-refractivity contribution is 6.23. The first-order valence-electron chi connectivity index (χ1n) is 13.4. The van der Waals surface area contributed by atoms with Gasteiger partial charge in [0.1, 0.15) is 34.4 Å². The van der Waals surface area contributed by atoms with E-state index in [9.17, 15) is 34.8 Å². The molecule has 10 heteroatoms. The van der Waals surface area contributed by atoms with Crippen molar-refractivity contribution in [3.63, 3.8) is 0 Å². The Labute approximate surface area is 231 Å². The Bertz CT molecular complexity index is 1500. The van der Waals surface area contributed by atoms with E-state index in [1.807, 2.05) is 19.9 Å². The lowest BCUT2D eigenvalue weighted by molar-refractivity contribution is -0.155. The van der Waals surface area contributed by atoms with Crippen LogP contribution in [0.5, 0.6) is 5.75 Å². The zero-order chi connectivity index (χ0) is 29.3. The number of nitrogens with two attached hydrogens (primary N) is 1. The van der Waals surface area contributed by atoms with Crippen LogP contribution in [0.2, 0.25) is 0 Å². The average Bonchev–Trinajstić information content (AvgIpc) is 3.33. The molecule has 0 saturated heterocycles. The minimum absolute atomic E-state index is 0.0308. The number of phenols is 1. The number of hydrogen-bond acceptors (Lipinski definition) is 9. The van der Waals surface area contributed by atoms with Crippen molar-refractivity contribution in [2.75, 3.05) is 0 Å². The molecule has 4 atom stereocenters. The third-order valence-corrected chi connectivity index (χ3v) is 8.46. The molecule has 3 aliphatic rings. The highest BCUT2D eigenvalue weighted by Gasteiger charge is 2.64. The molecular formula is C30H34N2O8. The van der Waals surface area contributed by atoms with Crippen LogP contribution in [0.15, 0.2) is 45.6 Å². The van der Waals surface area contributed by atoms with Gasteiger partial charge in [-0.2, -0.15) is 0 Å². The Kier molecular flexibility index (Phi) is 6.67. The summed E-state index contributed by atoms with van der Waals surface area (Å²) in [5.41, 5.74) is 2.99. The molecule has 0 aliphatic heterocycles. The summed E-state index contributed by atoms with van der Waals surface area (Å²) in [6, 6.07) is 6.97. The Balaban J connectivity index is 1.66. The van der Waals surface area contributed by atoms with Gasteiger partial charge < -0.3 is 35.9 Å². The van der Waals surface area contributed by atoms with Crippen LogP contribution >= 0.6 is 0 Å². The second-order valence-corrected chi connectivity index (χ2v) is 11.6. The van der Waals surface area contributed by atoms with E-state index >= 15 is 0 Å². The molecule has 0 bridgehead atoms. The van der Waals surface area contributed by atoms with Gasteiger partial charge in [0.2, 0.25) is 5.78 Å². The molecule has 1 saturated carbocycles. The third-order valence-electron chi connectivity index (χ3n) is 8.46. The summed E-state index contributed by atoms with van der Waals surface area (Å²) in [5, 5.41) is 48.1. The van der Waals surface area contributed by atoms with E-state index < -0.39 is 63.8 Å². The van der Waals surface area contributed by atoms with E-state index in [0.717, 1.165) is 0 Å². The molecule has 0 spiro atoms. The second-order valence-electron chi connectivity index (χ2n) is 11.6. The average molecular weight is 551 g/mol. The van der Waals surface area contributed by atoms with Gasteiger partial charge in [-0.1, -0.05) is 27.7 Å². The molecule has 2 aromatic rings. The lowest BCUT2D eigenvalue weighted by Gasteiger charge is -2.50. The van der Waals surface area contributed by atoms with E-state index in [-0.39, 0.29) is 35.8 Å². The van der Waals surface area contributed by atoms with Gasteiger partial charge in [0, 0.05) is 29.0 Å². The maximum Gasteiger partial charge on any atom is 0.255 e. The molecule has 1 fully saturated rings. The lowest BCUT2D eigenvalue weighted by Crippen LogP contribution is -2.62. The molecule has 0 radical (unpaired) electrons. The standard InChI is InChI=1S/C30H34N2O8/c1-12(2)21-18-10-14-9-17-16(20-8-5-15(40-20)11-32-13(3)4)6-7-19(33)23(17)26(35)22(14)27(36)30(18,39)28(37)24(25(21)34)29(31)38/h5-8,12-14,18,21,32-33,35,37,39H,9-11H2,1-4H3,(H2,31,38)/t14-,18-,21-,30-/m0/s1. The van der Waals surface area contributed by atoms with Crippen molar-refractivity contribution < 1.29 is 39.2 Å². The lowest BCUT2D eigenvalue weighted by atomic mass is 9.54. The van der Waals surface area contributed by atoms with Gasteiger partial charge >= 0.3 is 0 Å². The van der Waals surface area contributed by atoms with Crippen molar-refractivity contribution in [2.45, 2.75) is 58.7 Å². The number of Topliss-reactive ketones (excluding diaryl/α,β-unsaturated/α-hetero) is 2. The fourth-order valence-electron chi connectivity index (χ4n) is 6.64. The van der Waals surface area contributed by atoms with E-state index in [1.54, 1.807) is 26.0 Å². The summed E-state index contributed by atoms with van der Waals surface area (Å²) in [5.74, 6) is -6.70. The van der Waals surface area contributed by atoms with Gasteiger partial charge in [0.05, 0.1) is 12.1 Å². The molecule has 1 heterocycles. The number of phenolic OH excluding ortho intramolecular Hbond substituents is 1. The Morgan fingerprint density at radius 1 is 1.12 bits per heavy atom. The molecule has 0 unspecified atom stereocenters. The van der Waals surface area contributed by atoms with Crippen LogP contribution in [0, 0.1) is 23.7 Å². The number of nitrogens with one attached hydrogen (secondary N) is 1. The first-order chi connectivity index (χ1) is 18.8. The molecule has 1 amide bonds. The highest BCUT2D eigenvalue weighted by atomic mass is 16.4. The molecule has 3 aliphatic carbocycles. The molecule has 212 valence electrons. The molecule has 5 rings (SSSR count). The number of amides is 1. The van der Waals surface area contributed by atoms with E-state index in [2.05, 4.69) is 5.32 Å². The van der Waals surface area contributed by atoms with Gasteiger partial charge in [-0.25, -0.2) is 0 Å². The number of benzene rings is 1. The molecule has 7 N–H and O–H groups in total. The fourth-order valence-corrected chi connectivity index (χ4v) is 6.64. The van der Waals surface area contributed by atoms with Gasteiger partial charge in [0.15, 0.2) is 11.4 Å². The number of hydrogen-bond donors (Lipinski definition) is 6. The SMILES string of the molecule is CC(C)NCc1ccc(-c2ccc(O)c3c2C[C@H]2C[C@H]4[C@H](C(C)C)C(=O)C(C(N)=O)=C(O)[C@@]4(O)C(=O)C2=C3O)o1. The Hall–Kier alpha value is -3.89. The van der Waals surface area contributed by atoms with Gasteiger partial charge in [-0.15, -0.1) is 0 Å². The number of carbonyl (C=O) groups excluding carboxylic acids is 3. The van der Waals surface area contributed by atoms with E-state index in [0.29, 0.717) is 29.2 Å². The second kappa shape index (κ2) is 9.64. The Morgan fingerprint density at radius 3 is 2.45 bits per heavy atom. The van der Waals surface area contributed by atoms with Crippen LogP contribution in [-0.2, 0) is 27.3 Å². The summed E-state index contributed by atoms with van der Waals surface area (Å²) in [6.07, 6.45) is 0.256. The smallest absolute Gasteiger partial charge is 0.255 e. The normalized spacial score (nSPS) is 26.3. The number of fused-ring (bicyclic) bond motifs is 3. The quantitative estimate of drug-likeness (QED) is 0.294. The van der Waals surface area contributed by atoms with Crippen LogP contribution in [0.4, 0.5) is 0 Å². The van der Waals surface area contributed by atoms with Crippen LogP contribution in [0.3, 0.4) is 0 Å². The van der Waals surface area contributed by atoms with E-state index in [4.69, 9.17) is 10.2 Å². The van der Waals surface area contributed by atoms with Crippen molar-refractivity contribution in [3.8, 4) is 17.1 Å². The third kappa shape index (κ3) is 3.97. The van der Waals surface area contributed by atoms with Crippen molar-refractivity contribution in [1.29, 1.82) is 0 Å². The molecule has 40 heavy (non-hydrogen) atoms. The predicted molar refractivity (Wildman–Crippen MR) is 145 cm³/mol. The topological polar surface area (TPSA) is 183 Å². The minimum atomic E-state index is -2.63. The number of carbonyl (C=O) groups is 3. The number of furan rings is 1. The number of aliphatic hydroxyl groups is 3. The number of primary amides is 1. The van der Waals surface area contributed by atoms with Crippen LogP contribution in [0.1, 0.15) is 51.0 Å². The van der Waals surface area contributed by atoms with Crippen molar-refractivity contribution in [2.24, 2.45) is 29.4 Å². The maximum atomic E-state index is 14.0. The van der Waals surface area contributed by atoms with Crippen LogP contribution in [0.25, 0.3) is 17.1 Å². The molecular weight excluding hydrogens is 516 g/mol. The first-order valence-corrected chi connectivity index (χ1v) is 13.4. The monoisotopic (exact) mass is 550 g/mol. The summed E-state index contributed by atoms with van der Waals surface area (Å²) in [4.78, 5) is 39.4. The number of ketones is 2. The summed E-state index contributed by atoms with van der Waals surface area (Å²) >= 11 is 0. The van der Waals surface area contributed by atoms with Crippen molar-refractivity contribution in [3.05, 3.63) is 58.1 Å². The first kappa shape index (κ1) is 27.7. The number of aliphatic hydroxyl groups excluding tert-OH is 2. The summed E-state index contributed by atoms with van der Waals surface area (Å²) in [6.45, 7) is 8.01. The van der Waals surface area contributed by atoms with Gasteiger partial charge in [-0.3, -0.25) is 14.4 Å². The predicted octanol–water partition coefficient (Wildman–Crippen LogP) is 3.06. The van der Waals surface area contributed by atoms with Crippen molar-refractivity contribution in [1.82, 2.24) is 5.32 Å². The summed E-state index contributed by atoms with van der Waals surface area (Å²) in [7, 11) is 0. The van der Waals surface area contributed by atoms with Crippen LogP contribution < -0.4 is 11.1 Å². The number of aromatic hydroxyl groups is 1. The maximum absolute atomic E-state index is 14.0. The van der Waals surface area contributed by atoms with Crippen LogP contribution in [-0.4, -0.2) is 49.5 Å². The zero-order valence-corrected chi connectivity index (χ0v) is 22.8.